The highest BCUT2D eigenvalue weighted by Crippen LogP contribution is 2.31. The maximum Gasteiger partial charge on any atom is 0.106 e. The topological polar surface area (TPSA) is 17.8 Å². The van der Waals surface area contributed by atoms with Gasteiger partial charge in [0.1, 0.15) is 4.60 Å². The molecular formula is C14H19BrN2. The summed E-state index contributed by atoms with van der Waals surface area (Å²) in [5.74, 6) is 0.489. The Kier molecular flexibility index (Phi) is 3.06. The zero-order chi connectivity index (χ0) is 12.8. The van der Waals surface area contributed by atoms with Crippen molar-refractivity contribution in [3.8, 4) is 0 Å². The first-order chi connectivity index (χ1) is 7.80. The average molecular weight is 295 g/mol. The van der Waals surface area contributed by atoms with Crippen LogP contribution in [0.4, 0.5) is 0 Å². The Morgan fingerprint density at radius 1 is 1.24 bits per heavy atom. The lowest BCUT2D eigenvalue weighted by molar-refractivity contribution is 0.410. The molecule has 2 rings (SSSR count). The molecule has 0 unspecified atom stereocenters. The normalized spacial score (nSPS) is 12.6. The van der Waals surface area contributed by atoms with E-state index in [9.17, 15) is 0 Å². The molecule has 0 aliphatic carbocycles. The summed E-state index contributed by atoms with van der Waals surface area (Å²) in [6.07, 6.45) is 2.24. The van der Waals surface area contributed by atoms with Crippen molar-refractivity contribution in [1.29, 1.82) is 0 Å². The summed E-state index contributed by atoms with van der Waals surface area (Å²) in [5.41, 5.74) is 3.73. The van der Waals surface area contributed by atoms with Crippen LogP contribution in [0.15, 0.2) is 22.9 Å². The fourth-order valence-corrected chi connectivity index (χ4v) is 2.39. The molecule has 0 radical (unpaired) electrons. The van der Waals surface area contributed by atoms with E-state index in [-0.39, 0.29) is 5.54 Å². The molecule has 0 aliphatic rings. The molecule has 2 aromatic heterocycles. The van der Waals surface area contributed by atoms with E-state index in [1.807, 2.05) is 6.07 Å². The van der Waals surface area contributed by atoms with Crippen LogP contribution in [0.5, 0.6) is 0 Å². The van der Waals surface area contributed by atoms with Crippen LogP contribution in [-0.4, -0.2) is 9.55 Å². The van der Waals surface area contributed by atoms with Gasteiger partial charge in [-0.1, -0.05) is 13.8 Å². The summed E-state index contributed by atoms with van der Waals surface area (Å²) >= 11 is 3.46. The first-order valence-electron chi connectivity index (χ1n) is 5.98. The van der Waals surface area contributed by atoms with Crippen LogP contribution in [0.2, 0.25) is 0 Å². The van der Waals surface area contributed by atoms with Gasteiger partial charge in [-0.2, -0.15) is 0 Å². The van der Waals surface area contributed by atoms with Gasteiger partial charge in [-0.25, -0.2) is 4.98 Å². The first kappa shape index (κ1) is 12.6. The van der Waals surface area contributed by atoms with Gasteiger partial charge in [-0.05, 0) is 60.3 Å². The SMILES string of the molecule is CC(C)c1cn(C(C)(C)C)c2ccc(Br)nc12. The van der Waals surface area contributed by atoms with Gasteiger partial charge in [0.15, 0.2) is 0 Å². The molecule has 2 aromatic rings. The van der Waals surface area contributed by atoms with Gasteiger partial charge in [-0.3, -0.25) is 0 Å². The highest BCUT2D eigenvalue weighted by molar-refractivity contribution is 9.10. The van der Waals surface area contributed by atoms with Gasteiger partial charge in [0, 0.05) is 11.7 Å². The van der Waals surface area contributed by atoms with Crippen LogP contribution < -0.4 is 0 Å². The quantitative estimate of drug-likeness (QED) is 0.699. The van der Waals surface area contributed by atoms with Crippen molar-refractivity contribution in [3.63, 3.8) is 0 Å². The molecule has 0 atom stereocenters. The minimum atomic E-state index is 0.0842. The van der Waals surface area contributed by atoms with E-state index in [2.05, 4.69) is 72.4 Å². The van der Waals surface area contributed by atoms with Crippen molar-refractivity contribution >= 4 is 27.0 Å². The molecule has 0 amide bonds. The number of hydrogen-bond donors (Lipinski definition) is 0. The van der Waals surface area contributed by atoms with Crippen LogP contribution in [0.1, 0.15) is 46.1 Å². The molecule has 0 bridgehead atoms. The zero-order valence-electron chi connectivity index (χ0n) is 11.1. The monoisotopic (exact) mass is 294 g/mol. The highest BCUT2D eigenvalue weighted by atomic mass is 79.9. The van der Waals surface area contributed by atoms with Gasteiger partial charge in [0.05, 0.1) is 11.0 Å². The van der Waals surface area contributed by atoms with Crippen molar-refractivity contribution in [2.45, 2.75) is 46.1 Å². The van der Waals surface area contributed by atoms with Crippen molar-refractivity contribution in [1.82, 2.24) is 9.55 Å². The van der Waals surface area contributed by atoms with Gasteiger partial charge >= 0.3 is 0 Å². The second-order valence-corrected chi connectivity index (χ2v) is 6.59. The van der Waals surface area contributed by atoms with E-state index in [1.54, 1.807) is 0 Å². The molecule has 2 nitrogen and oxygen atoms in total. The van der Waals surface area contributed by atoms with E-state index in [1.165, 1.54) is 11.1 Å². The third-order valence-electron chi connectivity index (χ3n) is 2.99. The Morgan fingerprint density at radius 2 is 1.88 bits per heavy atom. The number of hydrogen-bond acceptors (Lipinski definition) is 1. The van der Waals surface area contributed by atoms with Crippen LogP contribution in [0, 0.1) is 0 Å². The molecular weight excluding hydrogens is 276 g/mol. The summed E-state index contributed by atoms with van der Waals surface area (Å²) < 4.78 is 3.22. The van der Waals surface area contributed by atoms with Gasteiger partial charge < -0.3 is 4.57 Å². The summed E-state index contributed by atoms with van der Waals surface area (Å²) in [4.78, 5) is 4.63. The van der Waals surface area contributed by atoms with Crippen molar-refractivity contribution in [2.75, 3.05) is 0 Å². The number of nitrogens with zero attached hydrogens (tertiary/aromatic N) is 2. The maximum atomic E-state index is 4.63. The maximum absolute atomic E-state index is 4.63. The Morgan fingerprint density at radius 3 is 2.41 bits per heavy atom. The smallest absolute Gasteiger partial charge is 0.106 e. The van der Waals surface area contributed by atoms with Crippen LogP contribution in [-0.2, 0) is 5.54 Å². The fourth-order valence-electron chi connectivity index (χ4n) is 2.08. The Bertz CT molecular complexity index is 547. The zero-order valence-corrected chi connectivity index (χ0v) is 12.7. The second-order valence-electron chi connectivity index (χ2n) is 5.78. The minimum absolute atomic E-state index is 0.0842. The van der Waals surface area contributed by atoms with E-state index >= 15 is 0 Å². The summed E-state index contributed by atoms with van der Waals surface area (Å²) in [6.45, 7) is 11.1. The summed E-state index contributed by atoms with van der Waals surface area (Å²) in [6, 6.07) is 4.15. The molecule has 92 valence electrons. The van der Waals surface area contributed by atoms with Crippen molar-refractivity contribution in [3.05, 3.63) is 28.5 Å². The Balaban J connectivity index is 2.80. The molecule has 17 heavy (non-hydrogen) atoms. The third kappa shape index (κ3) is 2.25. The van der Waals surface area contributed by atoms with Crippen LogP contribution in [0.25, 0.3) is 11.0 Å². The predicted molar refractivity (Wildman–Crippen MR) is 76.5 cm³/mol. The molecule has 0 fully saturated rings. The van der Waals surface area contributed by atoms with Gasteiger partial charge in [0.2, 0.25) is 0 Å². The number of halogens is 1. The lowest BCUT2D eigenvalue weighted by atomic mass is 10.1. The molecule has 0 saturated carbocycles. The summed E-state index contributed by atoms with van der Waals surface area (Å²) in [5, 5.41) is 0. The minimum Gasteiger partial charge on any atom is -0.341 e. The lowest BCUT2D eigenvalue weighted by Crippen LogP contribution is -2.20. The average Bonchev–Trinajstić information content (AvgIpc) is 2.55. The van der Waals surface area contributed by atoms with E-state index in [0.29, 0.717) is 5.92 Å². The molecule has 0 N–H and O–H groups in total. The van der Waals surface area contributed by atoms with Crippen molar-refractivity contribution in [2.24, 2.45) is 0 Å². The largest absolute Gasteiger partial charge is 0.341 e. The van der Waals surface area contributed by atoms with Gasteiger partial charge in [-0.15, -0.1) is 0 Å². The predicted octanol–water partition coefficient (Wildman–Crippen LogP) is 4.68. The number of fused-ring (bicyclic) bond motifs is 1. The third-order valence-corrected chi connectivity index (χ3v) is 3.43. The lowest BCUT2D eigenvalue weighted by Gasteiger charge is -2.22. The van der Waals surface area contributed by atoms with Crippen LogP contribution >= 0.6 is 15.9 Å². The molecule has 0 aliphatic heterocycles. The van der Waals surface area contributed by atoms with E-state index in [4.69, 9.17) is 0 Å². The number of rotatable bonds is 1. The number of pyridine rings is 1. The highest BCUT2D eigenvalue weighted by Gasteiger charge is 2.20. The van der Waals surface area contributed by atoms with E-state index in [0.717, 1.165) is 10.1 Å². The first-order valence-corrected chi connectivity index (χ1v) is 6.78. The molecule has 0 spiro atoms. The van der Waals surface area contributed by atoms with Gasteiger partial charge in [0.25, 0.3) is 0 Å². The summed E-state index contributed by atoms with van der Waals surface area (Å²) in [7, 11) is 0. The molecule has 0 aromatic carbocycles. The Labute approximate surface area is 111 Å². The molecule has 3 heteroatoms. The molecule has 2 heterocycles. The molecule has 0 saturated heterocycles. The second kappa shape index (κ2) is 4.13. The Hall–Kier alpha value is -0.830. The van der Waals surface area contributed by atoms with E-state index < -0.39 is 0 Å². The van der Waals surface area contributed by atoms with Crippen LogP contribution in [0.3, 0.4) is 0 Å². The van der Waals surface area contributed by atoms with Crippen molar-refractivity contribution < 1.29 is 0 Å². The number of aromatic nitrogens is 2. The fraction of sp³-hybridized carbons (Fsp3) is 0.500. The standard InChI is InChI=1S/C14H19BrN2/c1-9(2)10-8-17(14(3,4)5)11-6-7-12(15)16-13(10)11/h6-9H,1-5H3.